The number of anilines is 2. The summed E-state index contributed by atoms with van der Waals surface area (Å²) < 4.78 is 19.4. The van der Waals surface area contributed by atoms with E-state index in [0.29, 0.717) is 44.9 Å². The molecule has 0 saturated heterocycles. The van der Waals surface area contributed by atoms with Crippen molar-refractivity contribution in [3.63, 3.8) is 0 Å². The van der Waals surface area contributed by atoms with Crippen molar-refractivity contribution >= 4 is 57.7 Å². The first-order valence-corrected chi connectivity index (χ1v) is 19.6. The van der Waals surface area contributed by atoms with E-state index in [9.17, 15) is 18.8 Å². The Kier molecular flexibility index (Phi) is 12.6. The Hall–Kier alpha value is -6.82. The van der Waals surface area contributed by atoms with Crippen LogP contribution >= 0.6 is 23.1 Å². The fraction of sp³-hybridized carbons (Fsp3) is 0.0435. The number of ether oxygens (including phenoxy) is 1. The average molecular weight is 791 g/mol. The van der Waals surface area contributed by atoms with Gasteiger partial charge in [-0.1, -0.05) is 97.1 Å². The van der Waals surface area contributed by atoms with Crippen LogP contribution in [0.3, 0.4) is 0 Å². The van der Waals surface area contributed by atoms with Gasteiger partial charge in [0, 0.05) is 27.1 Å². The Morgan fingerprint density at radius 1 is 0.754 bits per heavy atom. The van der Waals surface area contributed by atoms with E-state index in [4.69, 9.17) is 4.74 Å². The fourth-order valence-electron chi connectivity index (χ4n) is 5.65. The molecule has 282 valence electrons. The number of amides is 3. The number of hydrogen-bond donors (Lipinski definition) is 3. The summed E-state index contributed by atoms with van der Waals surface area (Å²) in [6, 6.07) is 48.3. The summed E-state index contributed by atoms with van der Waals surface area (Å²) in [7, 11) is 0. The number of hydrogen-bond acceptors (Lipinski definition) is 7. The molecule has 0 aliphatic heterocycles. The molecule has 7 aromatic rings. The minimum absolute atomic E-state index is 0.0323. The second-order valence-corrected chi connectivity index (χ2v) is 14.7. The number of carbonyl (C=O) groups is 3. The van der Waals surface area contributed by atoms with E-state index in [2.05, 4.69) is 20.9 Å². The molecule has 0 aliphatic rings. The molecule has 8 nitrogen and oxygen atoms in total. The smallest absolute Gasteiger partial charge is 0.272 e. The van der Waals surface area contributed by atoms with E-state index in [1.165, 1.54) is 35.2 Å². The Bertz CT molecular complexity index is 2480. The Morgan fingerprint density at radius 2 is 1.44 bits per heavy atom. The van der Waals surface area contributed by atoms with Crippen LogP contribution < -0.4 is 20.7 Å². The van der Waals surface area contributed by atoms with Crippen LogP contribution in [0.15, 0.2) is 180 Å². The summed E-state index contributed by atoms with van der Waals surface area (Å²) in [5, 5.41) is 10.2. The third kappa shape index (κ3) is 10.7. The lowest BCUT2D eigenvalue weighted by Gasteiger charge is -2.17. The molecule has 11 heteroatoms. The SMILES string of the molecule is O=C(Nc1cccc(SC(C(=O)Nc2nc(-c3ccc(F)cc3)cs2)c2ccccc2)c1)/C(=C/c1ccc(OCc2ccccc2)cc1)NC(=O)c1ccccc1. The summed E-state index contributed by atoms with van der Waals surface area (Å²) in [6.45, 7) is 0.413. The van der Waals surface area contributed by atoms with Gasteiger partial charge in [0.05, 0.1) is 5.69 Å². The molecule has 57 heavy (non-hydrogen) atoms. The maximum atomic E-state index is 13.9. The lowest BCUT2D eigenvalue weighted by atomic mass is 10.1. The van der Waals surface area contributed by atoms with Gasteiger partial charge in [-0.3, -0.25) is 14.4 Å². The zero-order valence-electron chi connectivity index (χ0n) is 30.3. The van der Waals surface area contributed by atoms with E-state index < -0.39 is 17.1 Å². The normalized spacial score (nSPS) is 11.6. The van der Waals surface area contributed by atoms with E-state index in [-0.39, 0.29) is 17.4 Å². The van der Waals surface area contributed by atoms with Crippen molar-refractivity contribution in [3.8, 4) is 17.0 Å². The lowest BCUT2D eigenvalue weighted by Crippen LogP contribution is -2.30. The van der Waals surface area contributed by atoms with Crippen molar-refractivity contribution < 1.29 is 23.5 Å². The lowest BCUT2D eigenvalue weighted by molar-refractivity contribution is -0.116. The zero-order valence-corrected chi connectivity index (χ0v) is 31.9. The van der Waals surface area contributed by atoms with E-state index in [1.54, 1.807) is 66.1 Å². The molecule has 1 atom stereocenters. The number of rotatable bonds is 14. The number of nitrogens with one attached hydrogen (secondary N) is 3. The van der Waals surface area contributed by atoms with Gasteiger partial charge in [-0.25, -0.2) is 9.37 Å². The second-order valence-electron chi connectivity index (χ2n) is 12.6. The molecule has 6 aromatic carbocycles. The quantitative estimate of drug-likeness (QED) is 0.0748. The predicted octanol–water partition coefficient (Wildman–Crippen LogP) is 10.4. The highest BCUT2D eigenvalue weighted by molar-refractivity contribution is 8.00. The van der Waals surface area contributed by atoms with Crippen LogP contribution in [-0.4, -0.2) is 22.7 Å². The van der Waals surface area contributed by atoms with Crippen LogP contribution in [-0.2, 0) is 16.2 Å². The molecule has 0 fully saturated rings. The third-order valence-electron chi connectivity index (χ3n) is 8.53. The van der Waals surface area contributed by atoms with Crippen LogP contribution in [0.25, 0.3) is 17.3 Å². The maximum absolute atomic E-state index is 13.9. The number of benzene rings is 6. The fourth-order valence-corrected chi connectivity index (χ4v) is 7.45. The first-order valence-electron chi connectivity index (χ1n) is 17.9. The average Bonchev–Trinajstić information content (AvgIpc) is 3.72. The highest BCUT2D eigenvalue weighted by Crippen LogP contribution is 2.38. The minimum Gasteiger partial charge on any atom is -0.489 e. The van der Waals surface area contributed by atoms with Crippen molar-refractivity contribution in [2.45, 2.75) is 16.8 Å². The molecule has 1 unspecified atom stereocenters. The van der Waals surface area contributed by atoms with Gasteiger partial charge in [0.1, 0.15) is 29.1 Å². The molecule has 0 aliphatic carbocycles. The van der Waals surface area contributed by atoms with Crippen LogP contribution in [0.4, 0.5) is 15.2 Å². The van der Waals surface area contributed by atoms with Crippen molar-refractivity contribution in [2.24, 2.45) is 0 Å². The highest BCUT2D eigenvalue weighted by Gasteiger charge is 2.24. The molecule has 0 radical (unpaired) electrons. The summed E-state index contributed by atoms with van der Waals surface area (Å²) in [5.74, 6) is -0.943. The summed E-state index contributed by atoms with van der Waals surface area (Å²) >= 11 is 2.59. The number of carbonyl (C=O) groups excluding carboxylic acids is 3. The van der Waals surface area contributed by atoms with Gasteiger partial charge in [-0.15, -0.1) is 23.1 Å². The molecular weight excluding hydrogens is 756 g/mol. The van der Waals surface area contributed by atoms with Gasteiger partial charge < -0.3 is 20.7 Å². The van der Waals surface area contributed by atoms with Crippen molar-refractivity contribution in [1.82, 2.24) is 10.3 Å². The Balaban J connectivity index is 1.08. The first kappa shape index (κ1) is 38.5. The van der Waals surface area contributed by atoms with Gasteiger partial charge in [0.25, 0.3) is 11.8 Å². The Morgan fingerprint density at radius 3 is 2.16 bits per heavy atom. The topological polar surface area (TPSA) is 109 Å². The summed E-state index contributed by atoms with van der Waals surface area (Å²) in [6.07, 6.45) is 1.60. The molecule has 1 heterocycles. The van der Waals surface area contributed by atoms with Crippen LogP contribution in [0, 0.1) is 5.82 Å². The zero-order chi connectivity index (χ0) is 39.4. The van der Waals surface area contributed by atoms with Gasteiger partial charge in [0.15, 0.2) is 5.13 Å². The van der Waals surface area contributed by atoms with Crippen LogP contribution in [0.1, 0.15) is 32.3 Å². The van der Waals surface area contributed by atoms with E-state index in [1.807, 2.05) is 97.1 Å². The monoisotopic (exact) mass is 790 g/mol. The van der Waals surface area contributed by atoms with E-state index >= 15 is 0 Å². The van der Waals surface area contributed by atoms with Crippen LogP contribution in [0.2, 0.25) is 0 Å². The first-order chi connectivity index (χ1) is 27.9. The number of thiazole rings is 1. The molecule has 0 bridgehead atoms. The number of thioether (sulfide) groups is 1. The van der Waals surface area contributed by atoms with Crippen LogP contribution in [0.5, 0.6) is 5.75 Å². The molecule has 7 rings (SSSR count). The molecule has 3 N–H and O–H groups in total. The largest absolute Gasteiger partial charge is 0.489 e. The molecular formula is C46H35FN4O4S2. The predicted molar refractivity (Wildman–Crippen MR) is 225 cm³/mol. The van der Waals surface area contributed by atoms with E-state index in [0.717, 1.165) is 16.7 Å². The number of halogens is 1. The van der Waals surface area contributed by atoms with Crippen molar-refractivity contribution in [2.75, 3.05) is 10.6 Å². The van der Waals surface area contributed by atoms with Crippen molar-refractivity contribution in [3.05, 3.63) is 203 Å². The maximum Gasteiger partial charge on any atom is 0.272 e. The van der Waals surface area contributed by atoms with Crippen molar-refractivity contribution in [1.29, 1.82) is 0 Å². The molecule has 0 saturated carbocycles. The van der Waals surface area contributed by atoms with Gasteiger partial charge in [-0.2, -0.15) is 0 Å². The molecule has 3 amide bonds. The molecule has 1 aromatic heterocycles. The van der Waals surface area contributed by atoms with Gasteiger partial charge >= 0.3 is 0 Å². The number of aromatic nitrogens is 1. The summed E-state index contributed by atoms with van der Waals surface area (Å²) in [4.78, 5) is 46.2. The van der Waals surface area contributed by atoms with Gasteiger partial charge in [0.2, 0.25) is 5.91 Å². The van der Waals surface area contributed by atoms with Gasteiger partial charge in [-0.05, 0) is 89.5 Å². The summed E-state index contributed by atoms with van der Waals surface area (Å²) in [5.41, 5.74) is 4.74. The second kappa shape index (κ2) is 18.7. The Labute approximate surface area is 337 Å². The standard InChI is InChI=1S/C46H35FN4O4S2/c47-36-23-21-33(22-24-36)41-30-56-46(50-41)51-45(54)42(34-13-6-2-7-14-34)57-39-18-10-17-37(28-39)48-44(53)40(49-43(52)35-15-8-3-9-16-35)27-31-19-25-38(26-20-31)55-29-32-11-4-1-5-12-32/h1-28,30,42H,29H2,(H,48,53)(H,49,52)(H,50,51,54)/b40-27-. The molecule has 0 spiro atoms. The third-order valence-corrected chi connectivity index (χ3v) is 10.5. The minimum atomic E-state index is -0.671. The highest BCUT2D eigenvalue weighted by atomic mass is 32.2. The number of nitrogens with zero attached hydrogens (tertiary/aromatic N) is 1.